The zero-order valence-electron chi connectivity index (χ0n) is 14.3. The van der Waals surface area contributed by atoms with E-state index in [9.17, 15) is 9.59 Å². The average Bonchev–Trinajstić information content (AvgIpc) is 2.88. The number of fused-ring (bicyclic) bond motifs is 1. The molecule has 24 heavy (non-hydrogen) atoms. The number of benzene rings is 1. The van der Waals surface area contributed by atoms with Gasteiger partial charge in [0.1, 0.15) is 5.75 Å². The van der Waals surface area contributed by atoms with Crippen LogP contribution in [-0.4, -0.2) is 47.6 Å². The van der Waals surface area contributed by atoms with Crippen molar-refractivity contribution in [3.8, 4) is 5.75 Å². The summed E-state index contributed by atoms with van der Waals surface area (Å²) in [6, 6.07) is 5.55. The average molecular weight is 332 g/mol. The highest BCUT2D eigenvalue weighted by molar-refractivity contribution is 5.91. The fraction of sp³-hybridized carbons (Fsp3) is 0.444. The quantitative estimate of drug-likeness (QED) is 0.574. The molecule has 1 atom stereocenters. The van der Waals surface area contributed by atoms with Crippen LogP contribution in [0.1, 0.15) is 25.3 Å². The zero-order chi connectivity index (χ0) is 17.7. The number of nitrogens with one attached hydrogen (secondary N) is 1. The topological polar surface area (TPSA) is 82.6 Å². The van der Waals surface area contributed by atoms with Crippen LogP contribution >= 0.6 is 0 Å². The Morgan fingerprint density at radius 3 is 2.71 bits per heavy atom. The van der Waals surface area contributed by atoms with Crippen molar-refractivity contribution < 1.29 is 19.4 Å². The van der Waals surface area contributed by atoms with E-state index in [2.05, 4.69) is 9.88 Å². The van der Waals surface area contributed by atoms with Gasteiger partial charge in [-0.2, -0.15) is 0 Å². The molecule has 1 aromatic heterocycles. The van der Waals surface area contributed by atoms with Gasteiger partial charge in [-0.25, -0.2) is 0 Å². The maximum Gasteiger partial charge on any atom is 0.311 e. The van der Waals surface area contributed by atoms with E-state index in [0.29, 0.717) is 5.75 Å². The van der Waals surface area contributed by atoms with E-state index < -0.39 is 11.9 Å². The Labute approximate surface area is 141 Å². The van der Waals surface area contributed by atoms with Crippen molar-refractivity contribution in [2.45, 2.75) is 26.2 Å². The number of carbonyl (C=O) groups is 2. The number of hydrogen-bond acceptors (Lipinski definition) is 4. The van der Waals surface area contributed by atoms with Crippen LogP contribution in [0.15, 0.2) is 24.4 Å². The van der Waals surface area contributed by atoms with Crippen LogP contribution in [0.4, 0.5) is 0 Å². The molecule has 6 nitrogen and oxygen atoms in total. The number of aromatic nitrogens is 1. The molecule has 1 heterocycles. The van der Waals surface area contributed by atoms with Gasteiger partial charge in [0.2, 0.25) is 0 Å². The third kappa shape index (κ3) is 4.83. The normalized spacial score (nSPS) is 12.5. The summed E-state index contributed by atoms with van der Waals surface area (Å²) < 4.78 is 5.52. The van der Waals surface area contributed by atoms with E-state index in [4.69, 9.17) is 9.84 Å². The first-order chi connectivity index (χ1) is 11.4. The van der Waals surface area contributed by atoms with Gasteiger partial charge < -0.3 is 19.7 Å². The second kappa shape index (κ2) is 7.97. The van der Waals surface area contributed by atoms with E-state index in [1.54, 1.807) is 13.0 Å². The third-order valence-corrected chi connectivity index (χ3v) is 3.84. The molecule has 0 amide bonds. The second-order valence-electron chi connectivity index (χ2n) is 6.43. The minimum Gasteiger partial charge on any atom is -0.481 e. The fourth-order valence-corrected chi connectivity index (χ4v) is 2.67. The van der Waals surface area contributed by atoms with E-state index >= 15 is 0 Å². The first-order valence-electron chi connectivity index (χ1n) is 8.03. The molecule has 0 aliphatic carbocycles. The second-order valence-corrected chi connectivity index (χ2v) is 6.43. The van der Waals surface area contributed by atoms with Gasteiger partial charge in [0.25, 0.3) is 0 Å². The number of likely N-dealkylation sites (N-methyl/N-ethyl adjacent to an activating group) is 1. The maximum atomic E-state index is 12.1. The van der Waals surface area contributed by atoms with E-state index in [0.717, 1.165) is 29.4 Å². The van der Waals surface area contributed by atoms with Crippen LogP contribution < -0.4 is 4.74 Å². The molecule has 0 saturated heterocycles. The van der Waals surface area contributed by atoms with Gasteiger partial charge >= 0.3 is 11.9 Å². The summed E-state index contributed by atoms with van der Waals surface area (Å²) in [6.45, 7) is 2.62. The van der Waals surface area contributed by atoms with Crippen LogP contribution in [0.3, 0.4) is 0 Å². The standard InChI is InChI=1S/C18H24N2O4/c1-12(9-16(21)22)10-17(23)24-15-6-4-5-14-18(15)13(11-19-14)7-8-20(2)3/h4-6,11-12,19H,7-10H2,1-3H3,(H,21,22). The molecule has 0 fully saturated rings. The van der Waals surface area contributed by atoms with Crippen LogP contribution in [0.5, 0.6) is 5.75 Å². The number of carbonyl (C=O) groups excluding carboxylic acids is 1. The number of aliphatic carboxylic acids is 1. The van der Waals surface area contributed by atoms with Crippen molar-refractivity contribution in [3.63, 3.8) is 0 Å². The van der Waals surface area contributed by atoms with E-state index in [1.165, 1.54) is 0 Å². The van der Waals surface area contributed by atoms with Gasteiger partial charge in [0, 0.05) is 36.5 Å². The molecule has 0 spiro atoms. The molecule has 2 aromatic rings. The molecule has 0 aliphatic heterocycles. The molecule has 0 bridgehead atoms. The number of ether oxygens (including phenoxy) is 1. The summed E-state index contributed by atoms with van der Waals surface area (Å²) in [4.78, 5) is 28.1. The lowest BCUT2D eigenvalue weighted by Gasteiger charge is -2.11. The first-order valence-corrected chi connectivity index (χ1v) is 8.03. The van der Waals surface area contributed by atoms with Crippen molar-refractivity contribution in [1.29, 1.82) is 0 Å². The Bertz CT molecular complexity index is 721. The Kier molecular flexibility index (Phi) is 5.98. The molecule has 1 unspecified atom stereocenters. The summed E-state index contributed by atoms with van der Waals surface area (Å²) in [5.74, 6) is -1.05. The molecule has 0 radical (unpaired) electrons. The van der Waals surface area contributed by atoms with Gasteiger partial charge in [0.15, 0.2) is 0 Å². The predicted molar refractivity (Wildman–Crippen MR) is 92.2 cm³/mol. The number of aromatic amines is 1. The lowest BCUT2D eigenvalue weighted by molar-refractivity contribution is -0.139. The van der Waals surface area contributed by atoms with Crippen LogP contribution in [0, 0.1) is 5.92 Å². The highest BCUT2D eigenvalue weighted by Gasteiger charge is 2.17. The van der Waals surface area contributed by atoms with Crippen molar-refractivity contribution in [2.75, 3.05) is 20.6 Å². The molecule has 2 N–H and O–H groups in total. The summed E-state index contributed by atoms with van der Waals surface area (Å²) in [6.07, 6.45) is 2.83. The SMILES string of the molecule is CC(CC(=O)O)CC(=O)Oc1cccc2[nH]cc(CCN(C)C)c12. The van der Waals surface area contributed by atoms with Crippen LogP contribution in [0.25, 0.3) is 10.9 Å². The molecular weight excluding hydrogens is 308 g/mol. The predicted octanol–water partition coefficient (Wildman–Crippen LogP) is 2.68. The van der Waals surface area contributed by atoms with Crippen molar-refractivity contribution >= 4 is 22.8 Å². The number of esters is 1. The zero-order valence-corrected chi connectivity index (χ0v) is 14.3. The Morgan fingerprint density at radius 1 is 1.29 bits per heavy atom. The largest absolute Gasteiger partial charge is 0.481 e. The molecule has 130 valence electrons. The number of carboxylic acid groups (broad SMARTS) is 1. The first kappa shape index (κ1) is 18.0. The monoisotopic (exact) mass is 332 g/mol. The summed E-state index contributed by atoms with van der Waals surface area (Å²) in [7, 11) is 4.03. The number of rotatable bonds is 8. The van der Waals surface area contributed by atoms with Gasteiger partial charge in [0.05, 0.1) is 0 Å². The minimum atomic E-state index is -0.908. The van der Waals surface area contributed by atoms with Crippen molar-refractivity contribution in [3.05, 3.63) is 30.0 Å². The molecular formula is C18H24N2O4. The summed E-state index contributed by atoms with van der Waals surface area (Å²) in [5.41, 5.74) is 2.02. The Hall–Kier alpha value is -2.34. The third-order valence-electron chi connectivity index (χ3n) is 3.84. The van der Waals surface area contributed by atoms with E-state index in [-0.39, 0.29) is 18.8 Å². The fourth-order valence-electron chi connectivity index (χ4n) is 2.67. The smallest absolute Gasteiger partial charge is 0.311 e. The highest BCUT2D eigenvalue weighted by Crippen LogP contribution is 2.29. The van der Waals surface area contributed by atoms with Gasteiger partial charge in [-0.05, 0) is 44.1 Å². The van der Waals surface area contributed by atoms with Gasteiger partial charge in [-0.3, -0.25) is 9.59 Å². The molecule has 0 saturated carbocycles. The van der Waals surface area contributed by atoms with Crippen LogP contribution in [-0.2, 0) is 16.0 Å². The highest BCUT2D eigenvalue weighted by atomic mass is 16.5. The van der Waals surface area contributed by atoms with Crippen molar-refractivity contribution in [1.82, 2.24) is 9.88 Å². The number of nitrogens with zero attached hydrogens (tertiary/aromatic N) is 1. The van der Waals surface area contributed by atoms with Gasteiger partial charge in [-0.1, -0.05) is 13.0 Å². The molecule has 6 heteroatoms. The van der Waals surface area contributed by atoms with E-state index in [1.807, 2.05) is 32.4 Å². The minimum absolute atomic E-state index is 0.0441. The maximum absolute atomic E-state index is 12.1. The summed E-state index contributed by atoms with van der Waals surface area (Å²) in [5, 5.41) is 9.70. The number of carboxylic acids is 1. The molecule has 1 aromatic carbocycles. The lowest BCUT2D eigenvalue weighted by Crippen LogP contribution is -2.16. The number of hydrogen-bond donors (Lipinski definition) is 2. The summed E-state index contributed by atoms with van der Waals surface area (Å²) >= 11 is 0. The van der Waals surface area contributed by atoms with Crippen molar-refractivity contribution in [2.24, 2.45) is 5.92 Å². The lowest BCUT2D eigenvalue weighted by atomic mass is 10.0. The Morgan fingerprint density at radius 2 is 2.04 bits per heavy atom. The van der Waals surface area contributed by atoms with Crippen LogP contribution in [0.2, 0.25) is 0 Å². The van der Waals surface area contributed by atoms with Gasteiger partial charge in [-0.15, -0.1) is 0 Å². The molecule has 2 rings (SSSR count). The number of H-pyrrole nitrogens is 1. The molecule has 0 aliphatic rings. The Balaban J connectivity index is 2.14.